The molecule has 1 aliphatic rings. The second-order valence-electron chi connectivity index (χ2n) is 6.25. The van der Waals surface area contributed by atoms with E-state index in [1.807, 2.05) is 0 Å². The fraction of sp³-hybridized carbons (Fsp3) is 0.211. The van der Waals surface area contributed by atoms with Crippen molar-refractivity contribution in [2.45, 2.75) is 19.1 Å². The van der Waals surface area contributed by atoms with Crippen LogP contribution in [0.2, 0.25) is 5.02 Å². The molecule has 1 amide bonds. The van der Waals surface area contributed by atoms with E-state index < -0.39 is 0 Å². The predicted octanol–water partition coefficient (Wildman–Crippen LogP) is 3.59. The van der Waals surface area contributed by atoms with Crippen molar-refractivity contribution < 1.29 is 18.7 Å². The lowest BCUT2D eigenvalue weighted by molar-refractivity contribution is -0.117. The predicted molar refractivity (Wildman–Crippen MR) is 100 cm³/mol. The molecule has 3 aromatic rings. The smallest absolute Gasteiger partial charge is 0.229 e. The first-order valence-corrected chi connectivity index (χ1v) is 8.87. The van der Waals surface area contributed by atoms with Crippen LogP contribution in [0.25, 0.3) is 0 Å². The number of hydrogen-bond acceptors (Lipinski definition) is 5. The van der Waals surface area contributed by atoms with Gasteiger partial charge >= 0.3 is 0 Å². The van der Waals surface area contributed by atoms with Crippen LogP contribution in [0.1, 0.15) is 23.6 Å². The molecule has 0 aliphatic carbocycles. The number of anilines is 1. The molecule has 0 bridgehead atoms. The van der Waals surface area contributed by atoms with E-state index in [4.69, 9.17) is 21.1 Å². The monoisotopic (exact) mass is 402 g/mol. The van der Waals surface area contributed by atoms with Crippen LogP contribution in [-0.2, 0) is 11.4 Å². The first kappa shape index (κ1) is 18.2. The molecule has 4 rings (SSSR count). The second kappa shape index (κ2) is 7.47. The number of benzene rings is 2. The molecule has 0 fully saturated rings. The Kier molecular flexibility index (Phi) is 4.87. The highest BCUT2D eigenvalue weighted by atomic mass is 35.5. The number of aromatic nitrogens is 3. The minimum Gasteiger partial charge on any atom is -0.493 e. The lowest BCUT2D eigenvalue weighted by atomic mass is 10.0. The van der Waals surface area contributed by atoms with E-state index in [-0.39, 0.29) is 30.8 Å². The summed E-state index contributed by atoms with van der Waals surface area (Å²) in [6.07, 6.45) is 1.57. The Morgan fingerprint density at radius 3 is 3.00 bits per heavy atom. The van der Waals surface area contributed by atoms with Crippen LogP contribution in [0.3, 0.4) is 0 Å². The highest BCUT2D eigenvalue weighted by Gasteiger charge is 2.29. The highest BCUT2D eigenvalue weighted by Crippen LogP contribution is 2.40. The zero-order valence-corrected chi connectivity index (χ0v) is 15.6. The molecule has 1 aromatic heterocycles. The van der Waals surface area contributed by atoms with Crippen LogP contribution in [0.5, 0.6) is 11.5 Å². The molecule has 0 spiro atoms. The summed E-state index contributed by atoms with van der Waals surface area (Å²) in [6, 6.07) is 9.22. The molecular formula is C19H16ClFN4O3. The van der Waals surface area contributed by atoms with E-state index in [0.717, 1.165) is 5.56 Å². The molecule has 1 atom stereocenters. The maximum atomic E-state index is 13.4. The largest absolute Gasteiger partial charge is 0.493 e. The summed E-state index contributed by atoms with van der Waals surface area (Å²) in [5.74, 6) is 0.631. The van der Waals surface area contributed by atoms with Crippen LogP contribution in [-0.4, -0.2) is 27.8 Å². The van der Waals surface area contributed by atoms with Crippen molar-refractivity contribution >= 4 is 23.5 Å². The van der Waals surface area contributed by atoms with Crippen LogP contribution in [0.15, 0.2) is 42.7 Å². The van der Waals surface area contributed by atoms with Crippen molar-refractivity contribution in [3.05, 3.63) is 64.7 Å². The normalized spacial score (nSPS) is 15.7. The number of rotatable bonds is 5. The van der Waals surface area contributed by atoms with Crippen molar-refractivity contribution in [2.75, 3.05) is 12.4 Å². The molecule has 1 aliphatic heterocycles. The number of carbonyl (C=O) groups is 1. The molecule has 0 saturated carbocycles. The fourth-order valence-electron chi connectivity index (χ4n) is 3.12. The molecule has 28 heavy (non-hydrogen) atoms. The fourth-order valence-corrected chi connectivity index (χ4v) is 3.39. The Balaban J connectivity index is 1.64. The first-order valence-electron chi connectivity index (χ1n) is 8.49. The molecule has 1 N–H and O–H groups in total. The average Bonchev–Trinajstić information content (AvgIpc) is 3.14. The van der Waals surface area contributed by atoms with Gasteiger partial charge in [0.25, 0.3) is 0 Å². The Bertz CT molecular complexity index is 1040. The van der Waals surface area contributed by atoms with E-state index in [1.165, 1.54) is 25.6 Å². The van der Waals surface area contributed by atoms with Gasteiger partial charge in [0.15, 0.2) is 11.5 Å². The number of amides is 1. The SMILES string of the molecule is COc1cc([C@H]2CC(=O)Nc3ncnn32)cc(Cl)c1OCc1cccc(F)c1. The van der Waals surface area contributed by atoms with Gasteiger partial charge in [0.05, 0.1) is 24.6 Å². The third-order valence-electron chi connectivity index (χ3n) is 4.41. The van der Waals surface area contributed by atoms with Gasteiger partial charge in [0, 0.05) is 0 Å². The number of carbonyl (C=O) groups excluding carboxylic acids is 1. The van der Waals surface area contributed by atoms with Gasteiger partial charge in [-0.3, -0.25) is 10.1 Å². The number of nitrogens with one attached hydrogen (secondary N) is 1. The van der Waals surface area contributed by atoms with Gasteiger partial charge < -0.3 is 9.47 Å². The van der Waals surface area contributed by atoms with Crippen molar-refractivity contribution in [3.63, 3.8) is 0 Å². The van der Waals surface area contributed by atoms with Gasteiger partial charge in [0.1, 0.15) is 18.8 Å². The maximum absolute atomic E-state index is 13.4. The van der Waals surface area contributed by atoms with Gasteiger partial charge in [0.2, 0.25) is 11.9 Å². The number of halogens is 2. The van der Waals surface area contributed by atoms with Crippen molar-refractivity contribution in [1.82, 2.24) is 14.8 Å². The lowest BCUT2D eigenvalue weighted by Gasteiger charge is -2.24. The van der Waals surface area contributed by atoms with E-state index in [2.05, 4.69) is 15.4 Å². The molecule has 0 saturated heterocycles. The Morgan fingerprint density at radius 2 is 2.21 bits per heavy atom. The number of methoxy groups -OCH3 is 1. The van der Waals surface area contributed by atoms with Gasteiger partial charge in [-0.25, -0.2) is 9.07 Å². The molecule has 9 heteroatoms. The zero-order valence-electron chi connectivity index (χ0n) is 14.9. The molecular weight excluding hydrogens is 387 g/mol. The number of fused-ring (bicyclic) bond motifs is 1. The van der Waals surface area contributed by atoms with E-state index in [1.54, 1.807) is 28.9 Å². The molecule has 7 nitrogen and oxygen atoms in total. The summed E-state index contributed by atoms with van der Waals surface area (Å²) in [5, 5.41) is 7.17. The minimum absolute atomic E-state index is 0.131. The third kappa shape index (κ3) is 3.50. The lowest BCUT2D eigenvalue weighted by Crippen LogP contribution is -2.29. The van der Waals surface area contributed by atoms with Crippen molar-refractivity contribution in [2.24, 2.45) is 0 Å². The van der Waals surface area contributed by atoms with Crippen LogP contribution < -0.4 is 14.8 Å². The molecule has 2 aromatic carbocycles. The van der Waals surface area contributed by atoms with Crippen LogP contribution >= 0.6 is 11.6 Å². The van der Waals surface area contributed by atoms with Crippen LogP contribution in [0, 0.1) is 5.82 Å². The van der Waals surface area contributed by atoms with Crippen molar-refractivity contribution in [1.29, 1.82) is 0 Å². The molecule has 0 radical (unpaired) electrons. The number of ether oxygens (including phenoxy) is 2. The topological polar surface area (TPSA) is 78.3 Å². The van der Waals surface area contributed by atoms with Crippen molar-refractivity contribution in [3.8, 4) is 11.5 Å². The summed E-state index contributed by atoms with van der Waals surface area (Å²) in [5.41, 5.74) is 1.40. The average molecular weight is 403 g/mol. The molecule has 144 valence electrons. The summed E-state index contributed by atoms with van der Waals surface area (Å²) in [7, 11) is 1.50. The Hall–Kier alpha value is -3.13. The molecule has 2 heterocycles. The zero-order chi connectivity index (χ0) is 19.7. The van der Waals surface area contributed by atoms with Crippen LogP contribution in [0.4, 0.5) is 10.3 Å². The Labute approximate surface area is 165 Å². The number of hydrogen-bond donors (Lipinski definition) is 1. The van der Waals surface area contributed by atoms with E-state index in [0.29, 0.717) is 28.0 Å². The molecule has 0 unspecified atom stereocenters. The summed E-state index contributed by atoms with van der Waals surface area (Å²) in [4.78, 5) is 16.0. The number of nitrogens with zero attached hydrogens (tertiary/aromatic N) is 3. The summed E-state index contributed by atoms with van der Waals surface area (Å²) >= 11 is 6.44. The van der Waals surface area contributed by atoms with Gasteiger partial charge in [-0.15, -0.1) is 0 Å². The quantitative estimate of drug-likeness (QED) is 0.705. The Morgan fingerprint density at radius 1 is 1.36 bits per heavy atom. The second-order valence-corrected chi connectivity index (χ2v) is 6.66. The van der Waals surface area contributed by atoms with E-state index in [9.17, 15) is 9.18 Å². The third-order valence-corrected chi connectivity index (χ3v) is 4.69. The van der Waals surface area contributed by atoms with E-state index >= 15 is 0 Å². The maximum Gasteiger partial charge on any atom is 0.229 e. The minimum atomic E-state index is -0.366. The van der Waals surface area contributed by atoms with Gasteiger partial charge in [-0.05, 0) is 35.4 Å². The summed E-state index contributed by atoms with van der Waals surface area (Å²) in [6.45, 7) is 0.131. The van der Waals surface area contributed by atoms with Gasteiger partial charge in [-0.2, -0.15) is 10.1 Å². The van der Waals surface area contributed by atoms with Gasteiger partial charge in [-0.1, -0.05) is 23.7 Å². The highest BCUT2D eigenvalue weighted by molar-refractivity contribution is 6.32. The summed E-state index contributed by atoms with van der Waals surface area (Å²) < 4.78 is 26.2. The first-order chi connectivity index (χ1) is 13.5. The standard InChI is InChI=1S/C19H16ClFN4O3/c1-27-16-7-12(15-8-17(26)24-19-22-10-23-25(15)19)6-14(20)18(16)28-9-11-3-2-4-13(21)5-11/h2-7,10,15H,8-9H2,1H3,(H,22,23,24,26)/t15-/m1/s1.